The van der Waals surface area contributed by atoms with Gasteiger partial charge in [-0.3, -0.25) is 0 Å². The first-order valence-electron chi connectivity index (χ1n) is 4.59. The molecule has 0 atom stereocenters. The first-order chi connectivity index (χ1) is 7.97. The molecule has 0 amide bonds. The molecule has 0 heterocycles. The normalized spacial score (nSPS) is 11.5. The Labute approximate surface area is 95.5 Å². The number of carbonyl (C=O) groups is 1. The van der Waals surface area contributed by atoms with E-state index in [0.29, 0.717) is 5.75 Å². The lowest BCUT2D eigenvalue weighted by Crippen LogP contribution is -2.19. The van der Waals surface area contributed by atoms with Crippen molar-refractivity contribution in [1.29, 1.82) is 0 Å². The summed E-state index contributed by atoms with van der Waals surface area (Å²) in [5, 5.41) is 0. The minimum atomic E-state index is -4.52. The highest BCUT2D eigenvalue weighted by Crippen LogP contribution is 2.14. The molecule has 1 aromatic carbocycles. The van der Waals surface area contributed by atoms with E-state index < -0.39 is 18.8 Å². The van der Waals surface area contributed by atoms with Gasteiger partial charge in [0.1, 0.15) is 5.75 Å². The molecule has 92 valence electrons. The molecule has 0 aliphatic rings. The maximum atomic E-state index is 11.7. The van der Waals surface area contributed by atoms with Gasteiger partial charge in [0.2, 0.25) is 0 Å². The van der Waals surface area contributed by atoms with Crippen molar-refractivity contribution < 1.29 is 27.4 Å². The second-order valence-corrected chi connectivity index (χ2v) is 2.96. The lowest BCUT2D eigenvalue weighted by molar-refractivity contribution is -0.182. The average molecular weight is 246 g/mol. The molecule has 0 aliphatic carbocycles. The maximum Gasteiger partial charge on any atom is 0.422 e. The number of rotatable bonds is 4. The fraction of sp³-hybridized carbons (Fsp3) is 0.182. The van der Waals surface area contributed by atoms with Crippen LogP contribution >= 0.6 is 0 Å². The molecule has 0 aromatic heterocycles. The Morgan fingerprint density at radius 1 is 1.24 bits per heavy atom. The van der Waals surface area contributed by atoms with Gasteiger partial charge in [0, 0.05) is 0 Å². The number of esters is 1. The number of ether oxygens (including phenoxy) is 2. The second-order valence-electron chi connectivity index (χ2n) is 2.96. The fourth-order valence-electron chi connectivity index (χ4n) is 0.868. The van der Waals surface area contributed by atoms with E-state index >= 15 is 0 Å². The van der Waals surface area contributed by atoms with Crippen LogP contribution in [0.4, 0.5) is 13.2 Å². The Bertz CT molecular complexity index is 385. The van der Waals surface area contributed by atoms with E-state index in [9.17, 15) is 18.0 Å². The number of halogens is 3. The summed E-state index contributed by atoms with van der Waals surface area (Å²) in [7, 11) is 0. The van der Waals surface area contributed by atoms with Crippen LogP contribution in [-0.4, -0.2) is 18.8 Å². The zero-order valence-corrected chi connectivity index (χ0v) is 8.61. The van der Waals surface area contributed by atoms with E-state index in [-0.39, 0.29) is 0 Å². The smallest absolute Gasteiger partial charge is 0.422 e. The van der Waals surface area contributed by atoms with Gasteiger partial charge in [-0.15, -0.1) is 0 Å². The molecule has 0 unspecified atom stereocenters. The molecule has 1 rings (SSSR count). The van der Waals surface area contributed by atoms with E-state index in [0.717, 1.165) is 12.3 Å². The number of alkyl halides is 3. The van der Waals surface area contributed by atoms with Gasteiger partial charge in [0.15, 0.2) is 6.61 Å². The first kappa shape index (κ1) is 13.1. The van der Waals surface area contributed by atoms with Crippen LogP contribution in [0.15, 0.2) is 42.7 Å². The Balaban J connectivity index is 2.32. The topological polar surface area (TPSA) is 35.5 Å². The molecule has 0 radical (unpaired) electrons. The summed E-state index contributed by atoms with van der Waals surface area (Å²) >= 11 is 0. The summed E-state index contributed by atoms with van der Waals surface area (Å²) in [6.07, 6.45) is -2.78. The third kappa shape index (κ3) is 6.24. The van der Waals surface area contributed by atoms with E-state index in [1.807, 2.05) is 0 Å². The number of carbonyl (C=O) groups excluding carboxylic acids is 1. The van der Waals surface area contributed by atoms with Crippen molar-refractivity contribution in [3.05, 3.63) is 42.7 Å². The van der Waals surface area contributed by atoms with Crippen molar-refractivity contribution in [3.63, 3.8) is 0 Å². The molecule has 3 nitrogen and oxygen atoms in total. The van der Waals surface area contributed by atoms with Gasteiger partial charge in [-0.05, 0) is 12.1 Å². The number of benzene rings is 1. The second kappa shape index (κ2) is 5.93. The summed E-state index contributed by atoms with van der Waals surface area (Å²) < 4.78 is 43.9. The van der Waals surface area contributed by atoms with Crippen LogP contribution < -0.4 is 4.74 Å². The van der Waals surface area contributed by atoms with E-state index in [2.05, 4.69) is 4.74 Å². The Morgan fingerprint density at radius 2 is 1.88 bits per heavy atom. The van der Waals surface area contributed by atoms with Crippen molar-refractivity contribution in [2.75, 3.05) is 6.61 Å². The predicted molar refractivity (Wildman–Crippen MR) is 53.2 cm³/mol. The fourth-order valence-corrected chi connectivity index (χ4v) is 0.868. The summed E-state index contributed by atoms with van der Waals surface area (Å²) in [5.41, 5.74) is 0. The monoisotopic (exact) mass is 246 g/mol. The van der Waals surface area contributed by atoms with Gasteiger partial charge in [0.25, 0.3) is 0 Å². The molecule has 0 saturated carbocycles. The summed E-state index contributed by atoms with van der Waals surface area (Å²) in [5.74, 6) is -0.648. The third-order valence-electron chi connectivity index (χ3n) is 1.53. The van der Waals surface area contributed by atoms with E-state index in [1.54, 1.807) is 30.3 Å². The highest BCUT2D eigenvalue weighted by molar-refractivity contribution is 5.81. The average Bonchev–Trinajstić information content (AvgIpc) is 2.27. The SMILES string of the molecule is O=C(C=COc1ccccc1)OCC(F)(F)F. The van der Waals surface area contributed by atoms with E-state index in [4.69, 9.17) is 4.74 Å². The predicted octanol–water partition coefficient (Wildman–Crippen LogP) is 2.68. The quantitative estimate of drug-likeness (QED) is 0.465. The Morgan fingerprint density at radius 3 is 2.47 bits per heavy atom. The number of hydrogen-bond donors (Lipinski definition) is 0. The first-order valence-corrected chi connectivity index (χ1v) is 4.59. The van der Waals surface area contributed by atoms with Gasteiger partial charge < -0.3 is 9.47 Å². The van der Waals surface area contributed by atoms with Crippen LogP contribution in [0.3, 0.4) is 0 Å². The number of para-hydroxylation sites is 1. The highest BCUT2D eigenvalue weighted by Gasteiger charge is 2.29. The van der Waals surface area contributed by atoms with Crippen LogP contribution in [0.25, 0.3) is 0 Å². The maximum absolute atomic E-state index is 11.7. The molecule has 6 heteroatoms. The molecule has 0 fully saturated rings. The van der Waals surface area contributed by atoms with Crippen molar-refractivity contribution >= 4 is 5.97 Å². The van der Waals surface area contributed by atoms with Crippen molar-refractivity contribution in [1.82, 2.24) is 0 Å². The lowest BCUT2D eigenvalue weighted by atomic mass is 10.3. The molecule has 0 spiro atoms. The van der Waals surface area contributed by atoms with Gasteiger partial charge in [-0.2, -0.15) is 13.2 Å². The van der Waals surface area contributed by atoms with Crippen LogP contribution in [0, 0.1) is 0 Å². The minimum Gasteiger partial charge on any atom is -0.465 e. The summed E-state index contributed by atoms with van der Waals surface area (Å²) in [4.78, 5) is 10.8. The zero-order chi connectivity index (χ0) is 12.7. The molecule has 17 heavy (non-hydrogen) atoms. The molecule has 0 aliphatic heterocycles. The van der Waals surface area contributed by atoms with Crippen molar-refractivity contribution in [2.45, 2.75) is 6.18 Å². The van der Waals surface area contributed by atoms with Gasteiger partial charge in [-0.25, -0.2) is 4.79 Å². The molecular weight excluding hydrogens is 237 g/mol. The standard InChI is InChI=1S/C11H9F3O3/c12-11(13,14)8-17-10(15)6-7-16-9-4-2-1-3-5-9/h1-7H,8H2. The molecule has 1 aromatic rings. The van der Waals surface area contributed by atoms with Crippen LogP contribution in [0.1, 0.15) is 0 Å². The van der Waals surface area contributed by atoms with Crippen molar-refractivity contribution in [3.8, 4) is 5.75 Å². The van der Waals surface area contributed by atoms with Crippen LogP contribution in [0.2, 0.25) is 0 Å². The summed E-state index contributed by atoms with van der Waals surface area (Å²) in [6, 6.07) is 8.46. The van der Waals surface area contributed by atoms with Crippen LogP contribution in [0.5, 0.6) is 5.75 Å². The molecule has 0 N–H and O–H groups in total. The van der Waals surface area contributed by atoms with Gasteiger partial charge in [-0.1, -0.05) is 18.2 Å². The lowest BCUT2D eigenvalue weighted by Gasteiger charge is -2.05. The van der Waals surface area contributed by atoms with Crippen molar-refractivity contribution in [2.24, 2.45) is 0 Å². The van der Waals surface area contributed by atoms with Gasteiger partial charge in [0.05, 0.1) is 12.3 Å². The van der Waals surface area contributed by atoms with Crippen LogP contribution in [-0.2, 0) is 9.53 Å². The highest BCUT2D eigenvalue weighted by atomic mass is 19.4. The molecular formula is C11H9F3O3. The largest absolute Gasteiger partial charge is 0.465 e. The van der Waals surface area contributed by atoms with Gasteiger partial charge >= 0.3 is 12.1 Å². The minimum absolute atomic E-state index is 0.465. The number of hydrogen-bond acceptors (Lipinski definition) is 3. The van der Waals surface area contributed by atoms with E-state index in [1.165, 1.54) is 0 Å². The molecule has 0 saturated heterocycles. The summed E-state index contributed by atoms with van der Waals surface area (Å²) in [6.45, 7) is -1.61. The molecule has 0 bridgehead atoms. The zero-order valence-electron chi connectivity index (χ0n) is 8.61. The third-order valence-corrected chi connectivity index (χ3v) is 1.53. The Kier molecular flexibility index (Phi) is 4.56. The Hall–Kier alpha value is -1.98.